The number of nitrogens with one attached hydrogen (secondary N) is 3. The fourth-order valence-electron chi connectivity index (χ4n) is 2.43. The van der Waals surface area contributed by atoms with Gasteiger partial charge in [0.05, 0.1) is 5.69 Å². The van der Waals surface area contributed by atoms with Gasteiger partial charge in [-0.05, 0) is 36.2 Å². The summed E-state index contributed by atoms with van der Waals surface area (Å²) >= 11 is 0. The lowest BCUT2D eigenvalue weighted by Gasteiger charge is -2.27. The number of para-hydroxylation sites is 1. The van der Waals surface area contributed by atoms with E-state index in [-0.39, 0.29) is 4.90 Å². The first kappa shape index (κ1) is 15.5. The third-order valence-corrected chi connectivity index (χ3v) is 5.10. The minimum atomic E-state index is -3.71. The average molecular weight is 331 g/mol. The van der Waals surface area contributed by atoms with E-state index in [1.807, 2.05) is 25.1 Å². The summed E-state index contributed by atoms with van der Waals surface area (Å²) < 4.78 is 26.8. The molecule has 3 N–H and O–H groups in total. The van der Waals surface area contributed by atoms with Gasteiger partial charge in [0, 0.05) is 5.69 Å². The maximum absolute atomic E-state index is 12.4. The van der Waals surface area contributed by atoms with E-state index in [9.17, 15) is 13.2 Å². The molecule has 1 aliphatic heterocycles. The Bertz CT molecular complexity index is 849. The van der Waals surface area contributed by atoms with Crippen LogP contribution < -0.4 is 15.4 Å². The Labute approximate surface area is 135 Å². The van der Waals surface area contributed by atoms with Crippen molar-refractivity contribution in [3.8, 4) is 0 Å². The molecular weight excluding hydrogens is 314 g/mol. The molecule has 0 fully saturated rings. The van der Waals surface area contributed by atoms with Crippen LogP contribution in [0.15, 0.2) is 53.4 Å². The maximum Gasteiger partial charge on any atom is 0.262 e. The van der Waals surface area contributed by atoms with Gasteiger partial charge in [0.25, 0.3) is 5.91 Å². The van der Waals surface area contributed by atoms with E-state index in [2.05, 4.69) is 15.4 Å². The van der Waals surface area contributed by atoms with E-state index in [4.69, 9.17) is 0 Å². The number of amides is 1. The van der Waals surface area contributed by atoms with Crippen LogP contribution in [-0.2, 0) is 21.2 Å². The lowest BCUT2D eigenvalue weighted by molar-refractivity contribution is -0.117. The number of fused-ring (bicyclic) bond motifs is 1. The molecule has 0 bridgehead atoms. The van der Waals surface area contributed by atoms with Crippen LogP contribution in [0.5, 0.6) is 0 Å². The summed E-state index contributed by atoms with van der Waals surface area (Å²) in [5.41, 5.74) is 2.13. The van der Waals surface area contributed by atoms with E-state index in [0.717, 1.165) is 12.0 Å². The molecule has 23 heavy (non-hydrogen) atoms. The van der Waals surface area contributed by atoms with Crippen molar-refractivity contribution in [3.05, 3.63) is 54.1 Å². The zero-order valence-electron chi connectivity index (χ0n) is 12.5. The first-order valence-electron chi connectivity index (χ1n) is 7.27. The van der Waals surface area contributed by atoms with Crippen molar-refractivity contribution >= 4 is 27.3 Å². The third-order valence-electron chi connectivity index (χ3n) is 3.61. The summed E-state index contributed by atoms with van der Waals surface area (Å²) in [5, 5.41) is 5.63. The smallest absolute Gasteiger partial charge is 0.262 e. The quantitative estimate of drug-likeness (QED) is 0.802. The average Bonchev–Trinajstić information content (AvgIpc) is 2.54. The van der Waals surface area contributed by atoms with Crippen molar-refractivity contribution in [2.75, 3.05) is 10.6 Å². The lowest BCUT2D eigenvalue weighted by atomic mass is 10.1. The first-order chi connectivity index (χ1) is 11.0. The molecule has 6 nitrogen and oxygen atoms in total. The van der Waals surface area contributed by atoms with Crippen LogP contribution in [0.2, 0.25) is 0 Å². The van der Waals surface area contributed by atoms with Crippen molar-refractivity contribution in [1.29, 1.82) is 0 Å². The fraction of sp³-hybridized carbons (Fsp3) is 0.188. The standard InChI is InChI=1S/C16H17N3O3S/c1-2-11-6-5-7-12(10-11)17-16(20)15-18-13-8-3-4-9-14(13)23(21,22)19-15/h3-10,15,18-19H,2H2,1H3,(H,17,20). The molecule has 7 heteroatoms. The number of sulfonamides is 1. The molecule has 1 heterocycles. The minimum Gasteiger partial charge on any atom is -0.360 e. The highest BCUT2D eigenvalue weighted by molar-refractivity contribution is 7.89. The zero-order valence-corrected chi connectivity index (χ0v) is 13.4. The maximum atomic E-state index is 12.4. The van der Waals surface area contributed by atoms with Gasteiger partial charge in [-0.3, -0.25) is 4.79 Å². The summed E-state index contributed by atoms with van der Waals surface area (Å²) in [6.45, 7) is 2.02. The second-order valence-corrected chi connectivity index (χ2v) is 6.92. The third kappa shape index (κ3) is 3.20. The number of carbonyl (C=O) groups excluding carboxylic acids is 1. The van der Waals surface area contributed by atoms with Crippen LogP contribution >= 0.6 is 0 Å². The Morgan fingerprint density at radius 2 is 1.96 bits per heavy atom. The second-order valence-electron chi connectivity index (χ2n) is 5.24. The highest BCUT2D eigenvalue weighted by Gasteiger charge is 2.32. The minimum absolute atomic E-state index is 0.136. The fourth-order valence-corrected chi connectivity index (χ4v) is 3.70. The summed E-state index contributed by atoms with van der Waals surface area (Å²) in [7, 11) is -3.71. The summed E-state index contributed by atoms with van der Waals surface area (Å²) in [5.74, 6) is -0.462. The lowest BCUT2D eigenvalue weighted by Crippen LogP contribution is -2.51. The van der Waals surface area contributed by atoms with Crippen molar-refractivity contribution in [3.63, 3.8) is 0 Å². The Morgan fingerprint density at radius 1 is 1.17 bits per heavy atom. The van der Waals surface area contributed by atoms with E-state index in [0.29, 0.717) is 11.4 Å². The normalized spacial score (nSPS) is 18.6. The molecule has 2 aromatic rings. The van der Waals surface area contributed by atoms with Gasteiger partial charge in [-0.1, -0.05) is 31.2 Å². The molecule has 1 atom stereocenters. The summed E-state index contributed by atoms with van der Waals surface area (Å²) in [6, 6.07) is 13.9. The molecule has 3 rings (SSSR count). The molecule has 120 valence electrons. The SMILES string of the molecule is CCc1cccc(NC(=O)C2Nc3ccccc3S(=O)(=O)N2)c1. The number of hydrogen-bond donors (Lipinski definition) is 3. The highest BCUT2D eigenvalue weighted by Crippen LogP contribution is 2.25. The van der Waals surface area contributed by atoms with Crippen molar-refractivity contribution in [1.82, 2.24) is 4.72 Å². The number of carbonyl (C=O) groups is 1. The number of benzene rings is 2. The Kier molecular flexibility index (Phi) is 4.06. The first-order valence-corrected chi connectivity index (χ1v) is 8.75. The molecule has 1 unspecified atom stereocenters. The van der Waals surface area contributed by atoms with Gasteiger partial charge in [-0.15, -0.1) is 0 Å². The van der Waals surface area contributed by atoms with Crippen LogP contribution in [0, 0.1) is 0 Å². The number of aryl methyl sites for hydroxylation is 1. The van der Waals surface area contributed by atoms with Crippen molar-refractivity contribution < 1.29 is 13.2 Å². The Hall–Kier alpha value is -2.38. The van der Waals surface area contributed by atoms with Gasteiger partial charge < -0.3 is 10.6 Å². The van der Waals surface area contributed by atoms with E-state index < -0.39 is 22.1 Å². The summed E-state index contributed by atoms with van der Waals surface area (Å²) in [4.78, 5) is 12.5. The van der Waals surface area contributed by atoms with Gasteiger partial charge in [0.2, 0.25) is 10.0 Å². The van der Waals surface area contributed by atoms with Crippen molar-refractivity contribution in [2.24, 2.45) is 0 Å². The van der Waals surface area contributed by atoms with Gasteiger partial charge >= 0.3 is 0 Å². The molecule has 0 saturated carbocycles. The van der Waals surface area contributed by atoms with Gasteiger partial charge in [0.15, 0.2) is 6.17 Å². The van der Waals surface area contributed by atoms with Gasteiger partial charge in [-0.2, -0.15) is 4.72 Å². The molecule has 0 saturated heterocycles. The molecule has 0 aromatic heterocycles. The molecule has 2 aromatic carbocycles. The molecule has 0 radical (unpaired) electrons. The van der Waals surface area contributed by atoms with E-state index in [1.165, 1.54) is 6.07 Å². The van der Waals surface area contributed by atoms with E-state index >= 15 is 0 Å². The number of rotatable bonds is 3. The van der Waals surface area contributed by atoms with Crippen LogP contribution in [0.4, 0.5) is 11.4 Å². The van der Waals surface area contributed by atoms with Crippen LogP contribution in [0.25, 0.3) is 0 Å². The molecule has 0 spiro atoms. The topological polar surface area (TPSA) is 87.3 Å². The van der Waals surface area contributed by atoms with Crippen molar-refractivity contribution in [2.45, 2.75) is 24.4 Å². The van der Waals surface area contributed by atoms with Crippen LogP contribution in [0.1, 0.15) is 12.5 Å². The van der Waals surface area contributed by atoms with Gasteiger partial charge in [-0.25, -0.2) is 8.42 Å². The number of hydrogen-bond acceptors (Lipinski definition) is 4. The zero-order chi connectivity index (χ0) is 16.4. The monoisotopic (exact) mass is 331 g/mol. The highest BCUT2D eigenvalue weighted by atomic mass is 32.2. The second kappa shape index (κ2) is 6.02. The molecular formula is C16H17N3O3S. The molecule has 0 aliphatic carbocycles. The predicted molar refractivity (Wildman–Crippen MR) is 88.6 cm³/mol. The van der Waals surface area contributed by atoms with Crippen LogP contribution in [-0.4, -0.2) is 20.5 Å². The predicted octanol–water partition coefficient (Wildman–Crippen LogP) is 1.92. The number of anilines is 2. The van der Waals surface area contributed by atoms with Gasteiger partial charge in [0.1, 0.15) is 4.90 Å². The largest absolute Gasteiger partial charge is 0.360 e. The van der Waals surface area contributed by atoms with Crippen LogP contribution in [0.3, 0.4) is 0 Å². The Balaban J connectivity index is 1.81. The molecule has 1 amide bonds. The molecule has 1 aliphatic rings. The Morgan fingerprint density at radius 3 is 2.74 bits per heavy atom. The summed E-state index contributed by atoms with van der Waals surface area (Å²) in [6.07, 6.45) is -0.203. The van der Waals surface area contributed by atoms with E-state index in [1.54, 1.807) is 24.3 Å².